The molecule has 7 heteroatoms. The zero-order valence-corrected chi connectivity index (χ0v) is 16.0. The van der Waals surface area contributed by atoms with Crippen molar-refractivity contribution >= 4 is 17.8 Å². The van der Waals surface area contributed by atoms with Crippen LogP contribution in [-0.4, -0.2) is 39.2 Å². The highest BCUT2D eigenvalue weighted by atomic mass is 16.6. The van der Waals surface area contributed by atoms with E-state index in [9.17, 15) is 9.59 Å². The van der Waals surface area contributed by atoms with Crippen LogP contribution < -0.4 is 18.9 Å². The van der Waals surface area contributed by atoms with Gasteiger partial charge in [-0.1, -0.05) is 0 Å². The molecule has 28 heavy (non-hydrogen) atoms. The number of esters is 1. The van der Waals surface area contributed by atoms with Gasteiger partial charge in [0.25, 0.3) is 0 Å². The highest BCUT2D eigenvalue weighted by molar-refractivity contribution is 6.14. The van der Waals surface area contributed by atoms with E-state index in [1.54, 1.807) is 56.5 Å². The normalized spacial score (nSPS) is 14.9. The van der Waals surface area contributed by atoms with Gasteiger partial charge in [0.2, 0.25) is 5.78 Å². The Kier molecular flexibility index (Phi) is 5.54. The van der Waals surface area contributed by atoms with Crippen LogP contribution in [0, 0.1) is 0 Å². The van der Waals surface area contributed by atoms with E-state index in [0.29, 0.717) is 34.1 Å². The molecule has 1 atom stereocenters. The first kappa shape index (κ1) is 19.3. The first-order valence-corrected chi connectivity index (χ1v) is 8.51. The molecule has 7 nitrogen and oxygen atoms in total. The Morgan fingerprint density at radius 2 is 1.79 bits per heavy atom. The minimum atomic E-state index is -0.779. The highest BCUT2D eigenvalue weighted by Gasteiger charge is 2.28. The molecule has 0 aliphatic carbocycles. The maximum Gasteiger partial charge on any atom is 0.346 e. The molecule has 0 spiro atoms. The summed E-state index contributed by atoms with van der Waals surface area (Å²) in [6.07, 6.45) is 0.830. The molecule has 0 fully saturated rings. The Balaban J connectivity index is 1.85. The Morgan fingerprint density at radius 1 is 1.04 bits per heavy atom. The lowest BCUT2D eigenvalue weighted by Gasteiger charge is -2.12. The number of carbonyl (C=O) groups is 2. The molecule has 0 N–H and O–H groups in total. The third-order valence-corrected chi connectivity index (χ3v) is 4.21. The monoisotopic (exact) mass is 384 g/mol. The number of carbonyl (C=O) groups excluding carboxylic acids is 2. The number of methoxy groups -OCH3 is 3. The quantitative estimate of drug-likeness (QED) is 0.559. The molecule has 0 unspecified atom stereocenters. The molecule has 2 aromatic carbocycles. The Morgan fingerprint density at radius 3 is 2.46 bits per heavy atom. The molecule has 0 saturated heterocycles. The van der Waals surface area contributed by atoms with Crippen LogP contribution in [-0.2, 0) is 9.53 Å². The maximum absolute atomic E-state index is 12.6. The van der Waals surface area contributed by atoms with Crippen LogP contribution in [0.2, 0.25) is 0 Å². The van der Waals surface area contributed by atoms with Gasteiger partial charge in [-0.25, -0.2) is 4.79 Å². The van der Waals surface area contributed by atoms with Gasteiger partial charge in [-0.15, -0.1) is 0 Å². The second kappa shape index (κ2) is 8.04. The summed E-state index contributed by atoms with van der Waals surface area (Å²) in [6.45, 7) is 1.58. The van der Waals surface area contributed by atoms with E-state index in [0.717, 1.165) is 0 Å². The molecule has 0 bridgehead atoms. The van der Waals surface area contributed by atoms with Crippen LogP contribution in [0.5, 0.6) is 23.0 Å². The van der Waals surface area contributed by atoms with E-state index in [1.165, 1.54) is 14.2 Å². The predicted molar refractivity (Wildman–Crippen MR) is 101 cm³/mol. The minimum absolute atomic E-state index is 0.164. The molecule has 0 aromatic heterocycles. The number of allylic oxidation sites excluding steroid dienone is 1. The van der Waals surface area contributed by atoms with Crippen molar-refractivity contribution in [1.82, 2.24) is 0 Å². The fourth-order valence-electron chi connectivity index (χ4n) is 2.74. The third kappa shape index (κ3) is 3.78. The summed E-state index contributed by atoms with van der Waals surface area (Å²) in [4.78, 5) is 24.1. The molecular weight excluding hydrogens is 364 g/mol. The zero-order chi connectivity index (χ0) is 20.3. The average molecular weight is 384 g/mol. The Labute approximate surface area is 162 Å². The number of hydrogen-bond acceptors (Lipinski definition) is 7. The number of Topliss-reactive ketones (excluding diaryl/α,β-unsaturated/α-hetero) is 1. The summed E-state index contributed by atoms with van der Waals surface area (Å²) < 4.78 is 26.4. The lowest BCUT2D eigenvalue weighted by molar-refractivity contribution is -0.147. The van der Waals surface area contributed by atoms with Crippen molar-refractivity contribution in [3.63, 3.8) is 0 Å². The number of hydrogen-bond donors (Lipinski definition) is 0. The van der Waals surface area contributed by atoms with E-state index in [4.69, 9.17) is 18.9 Å². The van der Waals surface area contributed by atoms with Gasteiger partial charge in [0.15, 0.2) is 11.9 Å². The third-order valence-electron chi connectivity index (χ3n) is 4.21. The molecule has 0 radical (unpaired) electrons. The summed E-state index contributed by atoms with van der Waals surface area (Å²) in [5.74, 6) is 1.37. The van der Waals surface area contributed by atoms with Crippen molar-refractivity contribution in [2.24, 2.45) is 0 Å². The fraction of sp³-hybridized carbons (Fsp3) is 0.238. The lowest BCUT2D eigenvalue weighted by Crippen LogP contribution is -2.24. The maximum atomic E-state index is 12.6. The molecule has 1 heterocycles. The molecular formula is C21H20O7. The van der Waals surface area contributed by atoms with E-state index >= 15 is 0 Å². The molecule has 0 amide bonds. The van der Waals surface area contributed by atoms with Gasteiger partial charge >= 0.3 is 5.97 Å². The topological polar surface area (TPSA) is 80.3 Å². The van der Waals surface area contributed by atoms with Crippen LogP contribution in [0.1, 0.15) is 22.8 Å². The summed E-state index contributed by atoms with van der Waals surface area (Å²) in [5, 5.41) is 0. The van der Waals surface area contributed by atoms with E-state index in [-0.39, 0.29) is 11.5 Å². The van der Waals surface area contributed by atoms with Gasteiger partial charge in [0.05, 0.1) is 26.9 Å². The van der Waals surface area contributed by atoms with Crippen molar-refractivity contribution in [3.8, 4) is 23.0 Å². The number of ether oxygens (including phenoxy) is 5. The summed E-state index contributed by atoms with van der Waals surface area (Å²) in [6, 6.07) is 10.0. The van der Waals surface area contributed by atoms with Crippen LogP contribution >= 0.6 is 0 Å². The highest BCUT2D eigenvalue weighted by Crippen LogP contribution is 2.36. The molecule has 2 aromatic rings. The van der Waals surface area contributed by atoms with Gasteiger partial charge < -0.3 is 23.7 Å². The molecule has 1 aliphatic heterocycles. The van der Waals surface area contributed by atoms with E-state index in [2.05, 4.69) is 4.74 Å². The average Bonchev–Trinajstić information content (AvgIpc) is 3.02. The first-order chi connectivity index (χ1) is 13.5. The minimum Gasteiger partial charge on any atom is -0.497 e. The van der Waals surface area contributed by atoms with Gasteiger partial charge in [-0.2, -0.15) is 0 Å². The van der Waals surface area contributed by atoms with Crippen molar-refractivity contribution in [2.45, 2.75) is 13.0 Å². The van der Waals surface area contributed by atoms with Gasteiger partial charge in [-0.3, -0.25) is 4.79 Å². The Bertz CT molecular complexity index is 946. The van der Waals surface area contributed by atoms with Crippen molar-refractivity contribution in [3.05, 3.63) is 53.3 Å². The SMILES string of the molecule is COC(=O)[C@H](C)Oc1ccc2c(c1)O/C(=C\c1ccc(OC)cc1OC)C2=O. The number of rotatable bonds is 6. The van der Waals surface area contributed by atoms with Crippen LogP contribution in [0.15, 0.2) is 42.2 Å². The summed E-state index contributed by atoms with van der Waals surface area (Å²) >= 11 is 0. The lowest BCUT2D eigenvalue weighted by atomic mass is 10.1. The zero-order valence-electron chi connectivity index (χ0n) is 16.0. The standard InChI is InChI=1S/C21H20O7/c1-12(21(23)26-4)27-15-7-8-16-18(11-15)28-19(20(16)22)9-13-5-6-14(24-2)10-17(13)25-3/h5-12H,1-4H3/b19-9-/t12-/m0/s1. The number of fused-ring (bicyclic) bond motifs is 1. The molecule has 146 valence electrons. The smallest absolute Gasteiger partial charge is 0.346 e. The second-order valence-corrected chi connectivity index (χ2v) is 5.99. The molecule has 3 rings (SSSR count). The Hall–Kier alpha value is -3.48. The van der Waals surface area contributed by atoms with Crippen molar-refractivity contribution < 1.29 is 33.3 Å². The van der Waals surface area contributed by atoms with Gasteiger partial charge in [0, 0.05) is 17.7 Å². The van der Waals surface area contributed by atoms with Gasteiger partial charge in [-0.05, 0) is 37.3 Å². The number of ketones is 1. The summed E-state index contributed by atoms with van der Waals surface area (Å²) in [7, 11) is 4.39. The van der Waals surface area contributed by atoms with Crippen LogP contribution in [0.4, 0.5) is 0 Å². The number of benzene rings is 2. The summed E-state index contributed by atoms with van der Waals surface area (Å²) in [5.41, 5.74) is 1.09. The van der Waals surface area contributed by atoms with Gasteiger partial charge in [0.1, 0.15) is 23.0 Å². The molecule has 1 aliphatic rings. The first-order valence-electron chi connectivity index (χ1n) is 8.51. The van der Waals surface area contributed by atoms with E-state index in [1.807, 2.05) is 0 Å². The van der Waals surface area contributed by atoms with Crippen molar-refractivity contribution in [2.75, 3.05) is 21.3 Å². The van der Waals surface area contributed by atoms with Crippen LogP contribution in [0.3, 0.4) is 0 Å². The van der Waals surface area contributed by atoms with Crippen molar-refractivity contribution in [1.29, 1.82) is 0 Å². The predicted octanol–water partition coefficient (Wildman–Crippen LogP) is 3.26. The second-order valence-electron chi connectivity index (χ2n) is 5.99. The fourth-order valence-corrected chi connectivity index (χ4v) is 2.74. The molecule has 0 saturated carbocycles. The largest absolute Gasteiger partial charge is 0.497 e. The van der Waals surface area contributed by atoms with Crippen LogP contribution in [0.25, 0.3) is 6.08 Å². The van der Waals surface area contributed by atoms with E-state index < -0.39 is 12.1 Å².